The van der Waals surface area contributed by atoms with E-state index in [0.717, 1.165) is 43.7 Å². The Morgan fingerprint density at radius 3 is 2.32 bits per heavy atom. The van der Waals surface area contributed by atoms with E-state index in [1.165, 1.54) is 38.6 Å². The van der Waals surface area contributed by atoms with Crippen LogP contribution in [0.25, 0.3) is 0 Å². The van der Waals surface area contributed by atoms with Crippen molar-refractivity contribution in [1.82, 2.24) is 10.2 Å². The largest absolute Gasteiger partial charge is 0.342 e. The highest BCUT2D eigenvalue weighted by atomic mass is 16.2. The van der Waals surface area contributed by atoms with Crippen molar-refractivity contribution in [3.05, 3.63) is 0 Å². The lowest BCUT2D eigenvalue weighted by Gasteiger charge is -2.34. The van der Waals surface area contributed by atoms with Gasteiger partial charge in [0.2, 0.25) is 5.91 Å². The molecule has 0 bridgehead atoms. The van der Waals surface area contributed by atoms with Gasteiger partial charge in [-0.05, 0) is 69.2 Å². The van der Waals surface area contributed by atoms with E-state index in [9.17, 15) is 4.79 Å². The van der Waals surface area contributed by atoms with Gasteiger partial charge in [0.05, 0.1) is 0 Å². The first kappa shape index (κ1) is 12.2. The molecule has 3 nitrogen and oxygen atoms in total. The predicted molar refractivity (Wildman–Crippen MR) is 74.6 cm³/mol. The molecule has 0 radical (unpaired) electrons. The van der Waals surface area contributed by atoms with Crippen LogP contribution in [0, 0.1) is 23.7 Å². The van der Waals surface area contributed by atoms with Crippen molar-refractivity contribution in [2.75, 3.05) is 19.6 Å². The second-order valence-corrected chi connectivity index (χ2v) is 7.38. The lowest BCUT2D eigenvalue weighted by atomic mass is 9.98. The van der Waals surface area contributed by atoms with Crippen LogP contribution in [0.1, 0.15) is 44.9 Å². The number of piperidine rings is 1. The Morgan fingerprint density at radius 1 is 1.00 bits per heavy atom. The van der Waals surface area contributed by atoms with E-state index >= 15 is 0 Å². The molecule has 4 aliphatic rings. The summed E-state index contributed by atoms with van der Waals surface area (Å²) in [4.78, 5) is 14.6. The third kappa shape index (κ3) is 2.67. The molecule has 3 aliphatic carbocycles. The average molecular weight is 262 g/mol. The van der Waals surface area contributed by atoms with Gasteiger partial charge in [-0.3, -0.25) is 4.79 Å². The zero-order valence-corrected chi connectivity index (χ0v) is 11.8. The van der Waals surface area contributed by atoms with E-state index in [-0.39, 0.29) is 0 Å². The van der Waals surface area contributed by atoms with E-state index in [0.29, 0.717) is 17.9 Å². The topological polar surface area (TPSA) is 32.3 Å². The molecular formula is C16H26N2O. The fraction of sp³-hybridized carbons (Fsp3) is 0.938. The number of carbonyl (C=O) groups is 1. The molecule has 1 aliphatic heterocycles. The fourth-order valence-electron chi connectivity index (χ4n) is 4.13. The Kier molecular flexibility index (Phi) is 3.06. The molecule has 106 valence electrons. The van der Waals surface area contributed by atoms with Gasteiger partial charge in [0.25, 0.3) is 0 Å². The van der Waals surface area contributed by atoms with Crippen LogP contribution in [-0.4, -0.2) is 36.5 Å². The van der Waals surface area contributed by atoms with Gasteiger partial charge in [0, 0.05) is 25.0 Å². The summed E-state index contributed by atoms with van der Waals surface area (Å²) in [5.74, 6) is 3.68. The van der Waals surface area contributed by atoms with Gasteiger partial charge in [0.15, 0.2) is 0 Å². The van der Waals surface area contributed by atoms with E-state index in [4.69, 9.17) is 0 Å². The molecule has 0 spiro atoms. The molecule has 0 aromatic carbocycles. The molecule has 3 saturated carbocycles. The zero-order chi connectivity index (χ0) is 12.8. The smallest absolute Gasteiger partial charge is 0.225 e. The number of hydrogen-bond donors (Lipinski definition) is 1. The summed E-state index contributed by atoms with van der Waals surface area (Å²) in [6.45, 7) is 3.20. The number of rotatable bonds is 4. The Morgan fingerprint density at radius 2 is 1.68 bits per heavy atom. The van der Waals surface area contributed by atoms with Gasteiger partial charge < -0.3 is 10.2 Å². The number of nitrogens with zero attached hydrogens (tertiary/aromatic N) is 1. The van der Waals surface area contributed by atoms with Crippen LogP contribution in [0.3, 0.4) is 0 Å². The minimum atomic E-state index is 0.389. The van der Waals surface area contributed by atoms with Crippen molar-refractivity contribution in [2.24, 2.45) is 23.7 Å². The number of likely N-dealkylation sites (tertiary alicyclic amines) is 1. The van der Waals surface area contributed by atoms with E-state index in [2.05, 4.69) is 10.2 Å². The number of nitrogens with one attached hydrogen (secondary N) is 1. The van der Waals surface area contributed by atoms with Crippen molar-refractivity contribution >= 4 is 5.91 Å². The van der Waals surface area contributed by atoms with Crippen LogP contribution in [-0.2, 0) is 4.79 Å². The summed E-state index contributed by atoms with van der Waals surface area (Å²) in [6, 6.07) is 0.668. The summed E-state index contributed by atoms with van der Waals surface area (Å²) >= 11 is 0. The van der Waals surface area contributed by atoms with Crippen LogP contribution in [0.4, 0.5) is 0 Å². The van der Waals surface area contributed by atoms with Crippen LogP contribution >= 0.6 is 0 Å². The first-order valence-electron chi connectivity index (χ1n) is 8.32. The second-order valence-electron chi connectivity index (χ2n) is 7.38. The van der Waals surface area contributed by atoms with Gasteiger partial charge in [-0.1, -0.05) is 0 Å². The number of amides is 1. The molecule has 2 unspecified atom stereocenters. The minimum Gasteiger partial charge on any atom is -0.342 e. The Hall–Kier alpha value is -0.570. The quantitative estimate of drug-likeness (QED) is 0.840. The molecule has 3 heteroatoms. The fourth-order valence-corrected chi connectivity index (χ4v) is 4.13. The van der Waals surface area contributed by atoms with E-state index < -0.39 is 0 Å². The third-order valence-electron chi connectivity index (χ3n) is 5.79. The highest BCUT2D eigenvalue weighted by Crippen LogP contribution is 2.54. The van der Waals surface area contributed by atoms with Gasteiger partial charge in [-0.25, -0.2) is 0 Å². The van der Waals surface area contributed by atoms with Gasteiger partial charge in [-0.2, -0.15) is 0 Å². The number of carbonyl (C=O) groups excluding carboxylic acids is 1. The molecular weight excluding hydrogens is 236 g/mol. The number of fused-ring (bicyclic) bond motifs is 1. The molecule has 1 amide bonds. The summed E-state index contributed by atoms with van der Waals surface area (Å²) in [7, 11) is 0. The molecule has 1 heterocycles. The third-order valence-corrected chi connectivity index (χ3v) is 5.79. The highest BCUT2D eigenvalue weighted by molar-refractivity contribution is 5.79. The Balaban J connectivity index is 1.22. The minimum absolute atomic E-state index is 0.389. The molecule has 1 N–H and O–H groups in total. The summed E-state index contributed by atoms with van der Waals surface area (Å²) in [5, 5.41) is 3.69. The number of hydrogen-bond acceptors (Lipinski definition) is 2. The van der Waals surface area contributed by atoms with Crippen molar-refractivity contribution in [2.45, 2.75) is 51.0 Å². The normalized spacial score (nSPS) is 38.3. The summed E-state index contributed by atoms with van der Waals surface area (Å²) in [5.41, 5.74) is 0. The molecule has 4 fully saturated rings. The highest BCUT2D eigenvalue weighted by Gasteiger charge is 2.48. The SMILES string of the molecule is O=C(C1CC2CC2C1)N1CCC(NCC2CC2)CC1. The maximum absolute atomic E-state index is 12.5. The maximum Gasteiger partial charge on any atom is 0.225 e. The first-order chi connectivity index (χ1) is 9.29. The Bertz CT molecular complexity index is 348. The van der Waals surface area contributed by atoms with Crippen LogP contribution < -0.4 is 5.32 Å². The summed E-state index contributed by atoms with van der Waals surface area (Å²) < 4.78 is 0. The van der Waals surface area contributed by atoms with Crippen molar-refractivity contribution in [3.8, 4) is 0 Å². The van der Waals surface area contributed by atoms with Crippen LogP contribution in [0.2, 0.25) is 0 Å². The van der Waals surface area contributed by atoms with Crippen molar-refractivity contribution in [3.63, 3.8) is 0 Å². The molecule has 0 aromatic heterocycles. The Labute approximate surface area is 116 Å². The lowest BCUT2D eigenvalue weighted by Crippen LogP contribution is -2.47. The standard InChI is InChI=1S/C16H26N2O/c19-16(14-8-12-7-13(12)9-14)18-5-3-15(4-6-18)17-10-11-1-2-11/h11-15,17H,1-10H2. The van der Waals surface area contributed by atoms with Crippen molar-refractivity contribution in [1.29, 1.82) is 0 Å². The second kappa shape index (κ2) is 4.76. The lowest BCUT2D eigenvalue weighted by molar-refractivity contribution is -0.136. The predicted octanol–water partition coefficient (Wildman–Crippen LogP) is 2.02. The molecule has 19 heavy (non-hydrogen) atoms. The van der Waals surface area contributed by atoms with Crippen LogP contribution in [0.5, 0.6) is 0 Å². The molecule has 2 atom stereocenters. The average Bonchev–Trinajstić information content (AvgIpc) is 3.37. The van der Waals surface area contributed by atoms with Crippen molar-refractivity contribution < 1.29 is 4.79 Å². The van der Waals surface area contributed by atoms with Crippen LogP contribution in [0.15, 0.2) is 0 Å². The molecule has 4 rings (SSSR count). The van der Waals surface area contributed by atoms with Gasteiger partial charge >= 0.3 is 0 Å². The van der Waals surface area contributed by atoms with Gasteiger partial charge in [-0.15, -0.1) is 0 Å². The summed E-state index contributed by atoms with van der Waals surface area (Å²) in [6.07, 6.45) is 8.99. The molecule has 1 saturated heterocycles. The maximum atomic E-state index is 12.5. The van der Waals surface area contributed by atoms with E-state index in [1.807, 2.05) is 0 Å². The molecule has 0 aromatic rings. The monoisotopic (exact) mass is 262 g/mol. The first-order valence-corrected chi connectivity index (χ1v) is 8.32. The zero-order valence-electron chi connectivity index (χ0n) is 11.8. The van der Waals surface area contributed by atoms with E-state index in [1.54, 1.807) is 0 Å². The van der Waals surface area contributed by atoms with Gasteiger partial charge in [0.1, 0.15) is 0 Å².